The van der Waals surface area contributed by atoms with Gasteiger partial charge in [0.2, 0.25) is 0 Å². The molecule has 1 aliphatic rings. The third kappa shape index (κ3) is 3.75. The number of nitrogens with one attached hydrogen (secondary N) is 1. The summed E-state index contributed by atoms with van der Waals surface area (Å²) in [6.45, 7) is 2.96. The Balaban J connectivity index is 2.19. The summed E-state index contributed by atoms with van der Waals surface area (Å²) in [6, 6.07) is 6.99. The number of hydrogen-bond acceptors (Lipinski definition) is 2. The fourth-order valence-electron chi connectivity index (χ4n) is 2.47. The van der Waals surface area contributed by atoms with Gasteiger partial charge in [-0.3, -0.25) is 0 Å². The van der Waals surface area contributed by atoms with Crippen LogP contribution in [0.15, 0.2) is 22.7 Å². The second-order valence-electron chi connectivity index (χ2n) is 4.91. The molecule has 1 heterocycles. The molecule has 1 aromatic rings. The summed E-state index contributed by atoms with van der Waals surface area (Å²) in [5.74, 6) is 3.74. The summed E-state index contributed by atoms with van der Waals surface area (Å²) >= 11 is 3.50. The van der Waals surface area contributed by atoms with Crippen LogP contribution in [-0.4, -0.2) is 12.6 Å². The fraction of sp³-hybridized carbons (Fsp3) is 0.500. The van der Waals surface area contributed by atoms with E-state index in [0.717, 1.165) is 42.5 Å². The van der Waals surface area contributed by atoms with Crippen molar-refractivity contribution < 1.29 is 4.74 Å². The summed E-state index contributed by atoms with van der Waals surface area (Å²) in [7, 11) is 0. The maximum Gasteiger partial charge on any atom is 0.125 e. The van der Waals surface area contributed by atoms with Crippen LogP contribution in [0.2, 0.25) is 0 Å². The van der Waals surface area contributed by atoms with E-state index in [1.54, 1.807) is 0 Å². The third-order valence-electron chi connectivity index (χ3n) is 3.54. The van der Waals surface area contributed by atoms with Gasteiger partial charge in [-0.25, -0.2) is 0 Å². The van der Waals surface area contributed by atoms with Crippen LogP contribution in [0.3, 0.4) is 0 Å². The largest absolute Gasteiger partial charge is 0.493 e. The molecule has 102 valence electrons. The normalized spacial score (nSPS) is 19.7. The van der Waals surface area contributed by atoms with E-state index in [0.29, 0.717) is 12.1 Å². The van der Waals surface area contributed by atoms with E-state index >= 15 is 0 Å². The van der Waals surface area contributed by atoms with Crippen LogP contribution in [0.4, 0.5) is 0 Å². The number of terminal acetylenes is 1. The van der Waals surface area contributed by atoms with E-state index < -0.39 is 0 Å². The first kappa shape index (κ1) is 14.4. The molecule has 0 amide bonds. The molecule has 0 spiro atoms. The van der Waals surface area contributed by atoms with Crippen LogP contribution in [0.25, 0.3) is 0 Å². The molecule has 3 heteroatoms. The molecule has 0 aliphatic carbocycles. The Hall–Kier alpha value is -0.980. The van der Waals surface area contributed by atoms with E-state index in [2.05, 4.69) is 52.3 Å². The molecule has 19 heavy (non-hydrogen) atoms. The van der Waals surface area contributed by atoms with E-state index in [4.69, 9.17) is 11.2 Å². The van der Waals surface area contributed by atoms with Crippen molar-refractivity contribution in [3.05, 3.63) is 28.2 Å². The molecule has 0 saturated heterocycles. The topological polar surface area (TPSA) is 21.3 Å². The molecule has 2 nitrogen and oxygen atoms in total. The van der Waals surface area contributed by atoms with Crippen molar-refractivity contribution in [2.24, 2.45) is 0 Å². The van der Waals surface area contributed by atoms with Crippen molar-refractivity contribution in [2.75, 3.05) is 6.61 Å². The lowest BCUT2D eigenvalue weighted by atomic mass is 10.00. The lowest BCUT2D eigenvalue weighted by molar-refractivity contribution is 0.314. The van der Waals surface area contributed by atoms with Crippen molar-refractivity contribution in [3.63, 3.8) is 0 Å². The Kier molecular flexibility index (Phi) is 5.30. The molecule has 1 aromatic carbocycles. The van der Waals surface area contributed by atoms with E-state index in [1.807, 2.05) is 0 Å². The van der Waals surface area contributed by atoms with Crippen LogP contribution >= 0.6 is 15.9 Å². The number of benzene rings is 1. The molecule has 1 aliphatic heterocycles. The molecule has 0 saturated carbocycles. The summed E-state index contributed by atoms with van der Waals surface area (Å²) in [5, 5.41) is 3.68. The maximum absolute atomic E-state index is 5.82. The second-order valence-corrected chi connectivity index (χ2v) is 5.82. The maximum atomic E-state index is 5.82. The zero-order valence-corrected chi connectivity index (χ0v) is 12.9. The monoisotopic (exact) mass is 321 g/mol. The number of fused-ring (bicyclic) bond motifs is 1. The van der Waals surface area contributed by atoms with Gasteiger partial charge in [0.05, 0.1) is 6.61 Å². The number of ether oxygens (including phenoxy) is 1. The smallest absolute Gasteiger partial charge is 0.125 e. The quantitative estimate of drug-likeness (QED) is 0.844. The van der Waals surface area contributed by atoms with Crippen molar-refractivity contribution >= 4 is 15.9 Å². The molecular weight excluding hydrogens is 302 g/mol. The molecular formula is C16H20BrNO. The fourth-order valence-corrected chi connectivity index (χ4v) is 2.81. The van der Waals surface area contributed by atoms with Gasteiger partial charge >= 0.3 is 0 Å². The summed E-state index contributed by atoms with van der Waals surface area (Å²) in [6.07, 6.45) is 9.42. The highest BCUT2D eigenvalue weighted by molar-refractivity contribution is 9.10. The van der Waals surface area contributed by atoms with Gasteiger partial charge in [0.1, 0.15) is 5.75 Å². The first-order valence-electron chi connectivity index (χ1n) is 6.86. The highest BCUT2D eigenvalue weighted by atomic mass is 79.9. The summed E-state index contributed by atoms with van der Waals surface area (Å²) < 4.78 is 6.88. The number of rotatable bonds is 4. The minimum atomic E-state index is 0.337. The van der Waals surface area contributed by atoms with Crippen molar-refractivity contribution in [2.45, 2.75) is 44.7 Å². The van der Waals surface area contributed by atoms with Gasteiger partial charge in [-0.1, -0.05) is 28.9 Å². The van der Waals surface area contributed by atoms with Crippen molar-refractivity contribution in [1.82, 2.24) is 5.32 Å². The van der Waals surface area contributed by atoms with E-state index in [-0.39, 0.29) is 0 Å². The lowest BCUT2D eigenvalue weighted by Gasteiger charge is -2.24. The van der Waals surface area contributed by atoms with Crippen LogP contribution in [0.1, 0.15) is 44.2 Å². The SMILES string of the molecule is C#CCC(CC)NC1CCCOc2cc(Br)ccc21. The third-order valence-corrected chi connectivity index (χ3v) is 4.03. The average molecular weight is 322 g/mol. The molecule has 2 atom stereocenters. The van der Waals surface area contributed by atoms with Gasteiger partial charge in [-0.15, -0.1) is 12.3 Å². The zero-order valence-electron chi connectivity index (χ0n) is 11.3. The van der Waals surface area contributed by atoms with Crippen molar-refractivity contribution in [3.8, 4) is 18.1 Å². The number of halogens is 1. The van der Waals surface area contributed by atoms with Gasteiger partial charge in [0, 0.05) is 28.5 Å². The Morgan fingerprint density at radius 2 is 2.42 bits per heavy atom. The van der Waals surface area contributed by atoms with Crippen LogP contribution in [0, 0.1) is 12.3 Å². The summed E-state index contributed by atoms with van der Waals surface area (Å²) in [5.41, 5.74) is 1.25. The molecule has 0 aromatic heterocycles. The molecule has 2 rings (SSSR count). The molecule has 1 N–H and O–H groups in total. The first-order chi connectivity index (χ1) is 9.24. The number of hydrogen-bond donors (Lipinski definition) is 1. The van der Waals surface area contributed by atoms with Gasteiger partial charge in [-0.2, -0.15) is 0 Å². The Bertz CT molecular complexity index is 466. The lowest BCUT2D eigenvalue weighted by Crippen LogP contribution is -2.32. The Morgan fingerprint density at radius 3 is 3.16 bits per heavy atom. The van der Waals surface area contributed by atoms with E-state index in [9.17, 15) is 0 Å². The Morgan fingerprint density at radius 1 is 1.58 bits per heavy atom. The van der Waals surface area contributed by atoms with Crippen LogP contribution < -0.4 is 10.1 Å². The van der Waals surface area contributed by atoms with Crippen molar-refractivity contribution in [1.29, 1.82) is 0 Å². The minimum Gasteiger partial charge on any atom is -0.493 e. The van der Waals surface area contributed by atoms with Crippen LogP contribution in [-0.2, 0) is 0 Å². The van der Waals surface area contributed by atoms with E-state index in [1.165, 1.54) is 5.56 Å². The standard InChI is InChI=1S/C16H20BrNO/c1-3-6-13(4-2)18-15-7-5-10-19-16-11-12(17)8-9-14(15)16/h1,8-9,11,13,15,18H,4-7,10H2,2H3. The van der Waals surface area contributed by atoms with Crippen LogP contribution in [0.5, 0.6) is 5.75 Å². The predicted octanol–water partition coefficient (Wildman–Crippen LogP) is 4.05. The Labute approximate surface area is 124 Å². The van der Waals surface area contributed by atoms with Gasteiger partial charge in [0.15, 0.2) is 0 Å². The highest BCUT2D eigenvalue weighted by Crippen LogP contribution is 2.34. The molecule has 0 fully saturated rings. The molecule has 0 radical (unpaired) electrons. The average Bonchev–Trinajstić information content (AvgIpc) is 2.60. The summed E-state index contributed by atoms with van der Waals surface area (Å²) in [4.78, 5) is 0. The predicted molar refractivity (Wildman–Crippen MR) is 82.3 cm³/mol. The molecule has 0 bridgehead atoms. The van der Waals surface area contributed by atoms with Gasteiger partial charge in [0.25, 0.3) is 0 Å². The highest BCUT2D eigenvalue weighted by Gasteiger charge is 2.21. The van der Waals surface area contributed by atoms with Gasteiger partial charge < -0.3 is 10.1 Å². The van der Waals surface area contributed by atoms with Gasteiger partial charge in [-0.05, 0) is 31.4 Å². The second kappa shape index (κ2) is 6.98. The minimum absolute atomic E-state index is 0.337. The zero-order chi connectivity index (χ0) is 13.7. The first-order valence-corrected chi connectivity index (χ1v) is 7.65. The molecule has 2 unspecified atom stereocenters.